The quantitative estimate of drug-likeness (QED) is 0.781. The highest BCUT2D eigenvalue weighted by atomic mass is 16.3. The van der Waals surface area contributed by atoms with Crippen molar-refractivity contribution in [1.29, 1.82) is 0 Å². The van der Waals surface area contributed by atoms with E-state index >= 15 is 0 Å². The van der Waals surface area contributed by atoms with Gasteiger partial charge < -0.3 is 9.73 Å². The summed E-state index contributed by atoms with van der Waals surface area (Å²) in [5, 5.41) is 3.39. The Kier molecular flexibility index (Phi) is 2.64. The maximum absolute atomic E-state index is 5.80. The molecule has 14 heavy (non-hydrogen) atoms. The van der Waals surface area contributed by atoms with Gasteiger partial charge in [0.05, 0.1) is 0 Å². The second-order valence-corrected chi connectivity index (χ2v) is 4.23. The van der Waals surface area contributed by atoms with E-state index in [1.54, 1.807) is 0 Å². The SMILES string of the molecule is CCc1cc2c(o1)CCC(C)C2NC. The van der Waals surface area contributed by atoms with Crippen LogP contribution < -0.4 is 5.32 Å². The summed E-state index contributed by atoms with van der Waals surface area (Å²) >= 11 is 0. The number of nitrogens with one attached hydrogen (secondary N) is 1. The molecule has 2 unspecified atom stereocenters. The first-order valence-electron chi connectivity index (χ1n) is 5.55. The lowest BCUT2D eigenvalue weighted by Gasteiger charge is -2.27. The molecule has 78 valence electrons. The zero-order valence-electron chi connectivity index (χ0n) is 9.26. The van der Waals surface area contributed by atoms with Gasteiger partial charge in [-0.2, -0.15) is 0 Å². The van der Waals surface area contributed by atoms with Gasteiger partial charge in [-0.15, -0.1) is 0 Å². The van der Waals surface area contributed by atoms with Crippen LogP contribution in [0.4, 0.5) is 0 Å². The normalized spacial score (nSPS) is 26.2. The van der Waals surface area contributed by atoms with Gasteiger partial charge in [-0.3, -0.25) is 0 Å². The molecule has 0 spiro atoms. The van der Waals surface area contributed by atoms with Crippen LogP contribution in [-0.2, 0) is 12.8 Å². The first-order valence-corrected chi connectivity index (χ1v) is 5.55. The lowest BCUT2D eigenvalue weighted by molar-refractivity contribution is 0.333. The average molecular weight is 193 g/mol. The van der Waals surface area contributed by atoms with Crippen LogP contribution in [0.15, 0.2) is 10.5 Å². The molecular weight excluding hydrogens is 174 g/mol. The average Bonchev–Trinajstić information content (AvgIpc) is 2.60. The molecule has 0 fully saturated rings. The first-order chi connectivity index (χ1) is 6.76. The Hall–Kier alpha value is -0.760. The molecule has 2 heteroatoms. The molecule has 0 bridgehead atoms. The van der Waals surface area contributed by atoms with Crippen LogP contribution in [0.2, 0.25) is 0 Å². The van der Waals surface area contributed by atoms with Crippen molar-refractivity contribution in [2.24, 2.45) is 5.92 Å². The van der Waals surface area contributed by atoms with Crippen molar-refractivity contribution >= 4 is 0 Å². The third-order valence-corrected chi connectivity index (χ3v) is 3.28. The third kappa shape index (κ3) is 1.48. The molecule has 0 amide bonds. The van der Waals surface area contributed by atoms with Crippen molar-refractivity contribution in [3.05, 3.63) is 23.2 Å². The Morgan fingerprint density at radius 1 is 1.57 bits per heavy atom. The van der Waals surface area contributed by atoms with E-state index in [0.717, 1.165) is 24.5 Å². The third-order valence-electron chi connectivity index (χ3n) is 3.28. The first kappa shape index (κ1) is 9.78. The van der Waals surface area contributed by atoms with Crippen LogP contribution in [0.5, 0.6) is 0 Å². The molecule has 1 aromatic heterocycles. The number of aryl methyl sites for hydroxylation is 2. The summed E-state index contributed by atoms with van der Waals surface area (Å²) in [6, 6.07) is 2.72. The fraction of sp³-hybridized carbons (Fsp3) is 0.667. The van der Waals surface area contributed by atoms with Crippen molar-refractivity contribution in [3.63, 3.8) is 0 Å². The van der Waals surface area contributed by atoms with Gasteiger partial charge in [0, 0.05) is 24.4 Å². The Bertz CT molecular complexity index is 316. The molecule has 0 radical (unpaired) electrons. The molecule has 2 rings (SSSR count). The predicted octanol–water partition coefficient (Wildman–Crippen LogP) is 2.68. The number of hydrogen-bond acceptors (Lipinski definition) is 2. The number of fused-ring (bicyclic) bond motifs is 1. The molecular formula is C12H19NO. The topological polar surface area (TPSA) is 25.2 Å². The van der Waals surface area contributed by atoms with Crippen molar-refractivity contribution in [3.8, 4) is 0 Å². The van der Waals surface area contributed by atoms with Gasteiger partial charge >= 0.3 is 0 Å². The van der Waals surface area contributed by atoms with Gasteiger partial charge in [0.25, 0.3) is 0 Å². The molecule has 1 aromatic rings. The van der Waals surface area contributed by atoms with Crippen molar-refractivity contribution in [2.45, 2.75) is 39.2 Å². The highest BCUT2D eigenvalue weighted by molar-refractivity contribution is 5.28. The molecule has 0 saturated heterocycles. The predicted molar refractivity (Wildman–Crippen MR) is 57.4 cm³/mol. The van der Waals surface area contributed by atoms with Crippen LogP contribution in [0.3, 0.4) is 0 Å². The molecule has 0 aliphatic heterocycles. The number of hydrogen-bond donors (Lipinski definition) is 1. The molecule has 2 nitrogen and oxygen atoms in total. The van der Waals surface area contributed by atoms with Gasteiger partial charge in [-0.05, 0) is 25.5 Å². The minimum atomic E-state index is 0.489. The minimum Gasteiger partial charge on any atom is -0.466 e. The van der Waals surface area contributed by atoms with E-state index in [-0.39, 0.29) is 0 Å². The lowest BCUT2D eigenvalue weighted by Crippen LogP contribution is -2.27. The Morgan fingerprint density at radius 2 is 2.36 bits per heavy atom. The largest absolute Gasteiger partial charge is 0.466 e. The van der Waals surface area contributed by atoms with E-state index in [4.69, 9.17) is 4.42 Å². The standard InChI is InChI=1S/C12H19NO/c1-4-9-7-10-11(14-9)6-5-8(2)12(10)13-3/h7-8,12-13H,4-6H2,1-3H3. The van der Waals surface area contributed by atoms with Crippen LogP contribution in [0, 0.1) is 5.92 Å². The Balaban J connectivity index is 2.35. The van der Waals surface area contributed by atoms with Gasteiger partial charge in [0.2, 0.25) is 0 Å². The Morgan fingerprint density at radius 3 is 3.00 bits per heavy atom. The van der Waals surface area contributed by atoms with Crippen LogP contribution >= 0.6 is 0 Å². The minimum absolute atomic E-state index is 0.489. The van der Waals surface area contributed by atoms with Crippen LogP contribution in [-0.4, -0.2) is 7.05 Å². The zero-order valence-corrected chi connectivity index (χ0v) is 9.26. The van der Waals surface area contributed by atoms with E-state index in [1.807, 2.05) is 7.05 Å². The highest BCUT2D eigenvalue weighted by Crippen LogP contribution is 2.35. The molecule has 1 aliphatic carbocycles. The lowest BCUT2D eigenvalue weighted by atomic mass is 9.84. The van der Waals surface area contributed by atoms with Gasteiger partial charge in [0.1, 0.15) is 11.5 Å². The summed E-state index contributed by atoms with van der Waals surface area (Å²) in [5.41, 5.74) is 1.39. The Labute approximate surface area is 85.7 Å². The van der Waals surface area contributed by atoms with E-state index in [0.29, 0.717) is 6.04 Å². The second kappa shape index (κ2) is 3.77. The summed E-state index contributed by atoms with van der Waals surface area (Å²) in [6.45, 7) is 4.45. The molecule has 0 saturated carbocycles. The van der Waals surface area contributed by atoms with E-state index < -0.39 is 0 Å². The van der Waals surface area contributed by atoms with Crippen molar-refractivity contribution in [1.82, 2.24) is 5.32 Å². The monoisotopic (exact) mass is 193 g/mol. The highest BCUT2D eigenvalue weighted by Gasteiger charge is 2.28. The molecule has 2 atom stereocenters. The summed E-state index contributed by atoms with van der Waals surface area (Å²) in [6.07, 6.45) is 3.33. The second-order valence-electron chi connectivity index (χ2n) is 4.23. The van der Waals surface area contributed by atoms with Crippen molar-refractivity contribution in [2.75, 3.05) is 7.05 Å². The smallest absolute Gasteiger partial charge is 0.108 e. The van der Waals surface area contributed by atoms with Crippen LogP contribution in [0.1, 0.15) is 43.4 Å². The van der Waals surface area contributed by atoms with Crippen LogP contribution in [0.25, 0.3) is 0 Å². The van der Waals surface area contributed by atoms with Gasteiger partial charge in [-0.1, -0.05) is 13.8 Å². The molecule has 1 aliphatic rings. The molecule has 1 heterocycles. The summed E-state index contributed by atoms with van der Waals surface area (Å²) < 4.78 is 5.80. The fourth-order valence-electron chi connectivity index (χ4n) is 2.41. The molecule has 1 N–H and O–H groups in total. The van der Waals surface area contributed by atoms with E-state index in [9.17, 15) is 0 Å². The summed E-state index contributed by atoms with van der Waals surface area (Å²) in [5.74, 6) is 3.05. The maximum Gasteiger partial charge on any atom is 0.108 e. The van der Waals surface area contributed by atoms with Crippen molar-refractivity contribution < 1.29 is 4.42 Å². The molecule has 0 aromatic carbocycles. The maximum atomic E-state index is 5.80. The number of furan rings is 1. The van der Waals surface area contributed by atoms with Gasteiger partial charge in [0.15, 0.2) is 0 Å². The van der Waals surface area contributed by atoms with E-state index in [1.165, 1.54) is 17.7 Å². The fourth-order valence-corrected chi connectivity index (χ4v) is 2.41. The van der Waals surface area contributed by atoms with E-state index in [2.05, 4.69) is 25.2 Å². The summed E-state index contributed by atoms with van der Waals surface area (Å²) in [7, 11) is 2.04. The summed E-state index contributed by atoms with van der Waals surface area (Å²) in [4.78, 5) is 0. The van der Waals surface area contributed by atoms with Gasteiger partial charge in [-0.25, -0.2) is 0 Å². The number of rotatable bonds is 2. The zero-order chi connectivity index (χ0) is 10.1.